The molecule has 0 bridgehead atoms. The molecule has 2 N–H and O–H groups in total. The number of aromatic nitrogens is 5. The minimum absolute atomic E-state index is 0.0592. The minimum Gasteiger partial charge on any atom is -0.344 e. The Balaban J connectivity index is 1.30. The van der Waals surface area contributed by atoms with E-state index in [0.717, 1.165) is 24.2 Å². The Morgan fingerprint density at radius 3 is 2.78 bits per heavy atom. The third-order valence-corrected chi connectivity index (χ3v) is 8.05. The molecule has 5 rings (SSSR count). The Kier molecular flexibility index (Phi) is 6.65. The van der Waals surface area contributed by atoms with E-state index in [-0.39, 0.29) is 28.1 Å². The summed E-state index contributed by atoms with van der Waals surface area (Å²) >= 11 is 0.503. The maximum absolute atomic E-state index is 13.4. The maximum Gasteiger partial charge on any atom is 0.420 e. The number of rotatable bonds is 8. The van der Waals surface area contributed by atoms with Gasteiger partial charge < -0.3 is 10.0 Å². The summed E-state index contributed by atoms with van der Waals surface area (Å²) in [5.74, 6) is -0.516. The van der Waals surface area contributed by atoms with Crippen molar-refractivity contribution in [1.29, 1.82) is 0 Å². The summed E-state index contributed by atoms with van der Waals surface area (Å²) in [6.45, 7) is 0.0778. The standard InChI is InChI=1S/C20H15F4N7O2S3/c21-20(22,23)13-9-31(35-24)17-16(13)29-14(7-26-17)15-8-28-19(34-15)18(32)27-6-11-5-10(3-4-25-11)30-36(33)12-1-2-12/h3-5,7-9,12H,1-2,6H2,(H,25,30)(H,27,32). The average Bonchev–Trinajstić information content (AvgIpc) is 3.46. The fourth-order valence-electron chi connectivity index (χ4n) is 3.21. The fraction of sp³-hybridized carbons (Fsp3) is 0.250. The summed E-state index contributed by atoms with van der Waals surface area (Å²) in [6.07, 6.45) is 1.73. The molecule has 0 radical (unpaired) electrons. The van der Waals surface area contributed by atoms with Crippen LogP contribution in [0.15, 0.2) is 36.9 Å². The number of anilines is 1. The van der Waals surface area contributed by atoms with Crippen molar-refractivity contribution in [3.05, 3.63) is 53.2 Å². The summed E-state index contributed by atoms with van der Waals surface area (Å²) in [5, 5.41) is 2.90. The van der Waals surface area contributed by atoms with Crippen LogP contribution in [0.4, 0.5) is 22.7 Å². The van der Waals surface area contributed by atoms with Crippen LogP contribution in [0, 0.1) is 0 Å². The van der Waals surface area contributed by atoms with E-state index in [2.05, 4.69) is 30.0 Å². The van der Waals surface area contributed by atoms with E-state index in [0.29, 0.717) is 26.4 Å². The molecule has 4 aromatic heterocycles. The van der Waals surface area contributed by atoms with Crippen LogP contribution in [0.3, 0.4) is 0 Å². The topological polar surface area (TPSA) is 115 Å². The van der Waals surface area contributed by atoms with Gasteiger partial charge in [-0.15, -0.1) is 15.2 Å². The zero-order valence-corrected chi connectivity index (χ0v) is 20.4. The Labute approximate surface area is 211 Å². The lowest BCUT2D eigenvalue weighted by atomic mass is 10.3. The summed E-state index contributed by atoms with van der Waals surface area (Å²) in [7, 11) is -1.16. The summed E-state index contributed by atoms with van der Waals surface area (Å²) in [4.78, 5) is 29.0. The number of amides is 1. The van der Waals surface area contributed by atoms with Crippen molar-refractivity contribution in [3.8, 4) is 10.6 Å². The third kappa shape index (κ3) is 5.19. The quantitative estimate of drug-likeness (QED) is 0.306. The number of halogens is 4. The van der Waals surface area contributed by atoms with Gasteiger partial charge in [-0.1, -0.05) is 0 Å². The number of carbonyl (C=O) groups is 1. The summed E-state index contributed by atoms with van der Waals surface area (Å²) < 4.78 is 68.7. The molecule has 1 aliphatic rings. The molecule has 1 amide bonds. The summed E-state index contributed by atoms with van der Waals surface area (Å²) in [6, 6.07) is 3.36. The molecule has 0 aliphatic heterocycles. The van der Waals surface area contributed by atoms with E-state index in [1.807, 2.05) is 0 Å². The van der Waals surface area contributed by atoms with Crippen molar-refractivity contribution in [2.75, 3.05) is 4.72 Å². The highest BCUT2D eigenvalue weighted by atomic mass is 32.2. The number of carbonyl (C=O) groups excluding carboxylic acids is 1. The van der Waals surface area contributed by atoms with Gasteiger partial charge in [-0.2, -0.15) is 13.2 Å². The van der Waals surface area contributed by atoms with Crippen LogP contribution in [0.25, 0.3) is 21.7 Å². The SMILES string of the molecule is O=C(NCc1cc(NS(=O)C2CC2)ccn1)c1ncc(-c2cnc3c(n2)c(C(F)(F)F)cn3SF)s1. The molecule has 0 saturated heterocycles. The van der Waals surface area contributed by atoms with Crippen LogP contribution in [-0.2, 0) is 23.7 Å². The number of hydrogen-bond acceptors (Lipinski definition) is 8. The van der Waals surface area contributed by atoms with Crippen molar-refractivity contribution in [2.45, 2.75) is 30.8 Å². The van der Waals surface area contributed by atoms with Gasteiger partial charge in [-0.25, -0.2) is 23.1 Å². The smallest absolute Gasteiger partial charge is 0.344 e. The van der Waals surface area contributed by atoms with Gasteiger partial charge in [0.2, 0.25) is 0 Å². The van der Waals surface area contributed by atoms with Crippen molar-refractivity contribution in [1.82, 2.24) is 29.2 Å². The van der Waals surface area contributed by atoms with Crippen LogP contribution in [-0.4, -0.2) is 39.3 Å². The molecule has 0 spiro atoms. The van der Waals surface area contributed by atoms with Gasteiger partial charge in [-0.3, -0.25) is 9.78 Å². The van der Waals surface area contributed by atoms with Crippen molar-refractivity contribution in [2.24, 2.45) is 0 Å². The monoisotopic (exact) mass is 557 g/mol. The first kappa shape index (κ1) is 24.6. The molecule has 4 aromatic rings. The van der Waals surface area contributed by atoms with Crippen molar-refractivity contribution < 1.29 is 26.1 Å². The lowest BCUT2D eigenvalue weighted by Gasteiger charge is -2.07. The number of hydrogen-bond donors (Lipinski definition) is 2. The zero-order valence-electron chi connectivity index (χ0n) is 18.0. The number of alkyl halides is 3. The second kappa shape index (κ2) is 9.74. The molecule has 16 heteroatoms. The number of pyridine rings is 1. The number of fused-ring (bicyclic) bond motifs is 1. The molecule has 1 aliphatic carbocycles. The first-order valence-electron chi connectivity index (χ1n) is 10.3. The van der Waals surface area contributed by atoms with Crippen LogP contribution < -0.4 is 10.0 Å². The molecule has 1 saturated carbocycles. The van der Waals surface area contributed by atoms with Crippen molar-refractivity contribution in [3.63, 3.8) is 0 Å². The van der Waals surface area contributed by atoms with E-state index in [1.54, 1.807) is 12.1 Å². The Bertz CT molecular complexity index is 1470. The van der Waals surface area contributed by atoms with Gasteiger partial charge in [0.15, 0.2) is 23.0 Å². The van der Waals surface area contributed by atoms with Crippen LogP contribution in [0.2, 0.25) is 0 Å². The Hall–Kier alpha value is -3.11. The predicted molar refractivity (Wildman–Crippen MR) is 128 cm³/mol. The molecule has 188 valence electrons. The minimum atomic E-state index is -4.75. The average molecular weight is 558 g/mol. The molecule has 1 atom stereocenters. The molecule has 0 aromatic carbocycles. The van der Waals surface area contributed by atoms with Gasteiger partial charge in [0.05, 0.1) is 28.6 Å². The Morgan fingerprint density at radius 2 is 2.06 bits per heavy atom. The summed E-state index contributed by atoms with van der Waals surface area (Å²) in [5.41, 5.74) is -0.676. The van der Waals surface area contributed by atoms with E-state index in [9.17, 15) is 26.1 Å². The largest absolute Gasteiger partial charge is 0.420 e. The van der Waals surface area contributed by atoms with Gasteiger partial charge in [-0.05, 0) is 25.0 Å². The van der Waals surface area contributed by atoms with Crippen LogP contribution >= 0.6 is 23.7 Å². The highest BCUT2D eigenvalue weighted by Gasteiger charge is 2.36. The highest BCUT2D eigenvalue weighted by Crippen LogP contribution is 2.37. The van der Waals surface area contributed by atoms with Gasteiger partial charge in [0.1, 0.15) is 27.8 Å². The van der Waals surface area contributed by atoms with Gasteiger partial charge >= 0.3 is 6.18 Å². The van der Waals surface area contributed by atoms with E-state index in [1.165, 1.54) is 18.6 Å². The second-order valence-corrected chi connectivity index (χ2v) is 10.7. The number of nitrogens with one attached hydrogen (secondary N) is 2. The van der Waals surface area contributed by atoms with Crippen LogP contribution in [0.5, 0.6) is 0 Å². The highest BCUT2D eigenvalue weighted by molar-refractivity contribution is 7.92. The third-order valence-electron chi connectivity index (χ3n) is 5.09. The second-order valence-electron chi connectivity index (χ2n) is 7.71. The molecule has 9 nitrogen and oxygen atoms in total. The fourth-order valence-corrected chi connectivity index (χ4v) is 5.43. The first-order valence-corrected chi connectivity index (χ1v) is 13.0. The van der Waals surface area contributed by atoms with E-state index < -0.39 is 46.5 Å². The van der Waals surface area contributed by atoms with Crippen molar-refractivity contribution >= 4 is 57.4 Å². The predicted octanol–water partition coefficient (Wildman–Crippen LogP) is 4.52. The Morgan fingerprint density at radius 1 is 1.25 bits per heavy atom. The lowest BCUT2D eigenvalue weighted by Crippen LogP contribution is -2.23. The first-order chi connectivity index (χ1) is 17.2. The molecule has 4 heterocycles. The number of thiazole rings is 1. The molecule has 1 unspecified atom stereocenters. The maximum atomic E-state index is 13.4. The number of nitrogens with zero attached hydrogens (tertiary/aromatic N) is 5. The molecule has 36 heavy (non-hydrogen) atoms. The van der Waals surface area contributed by atoms with Gasteiger partial charge in [0, 0.05) is 24.3 Å². The lowest BCUT2D eigenvalue weighted by molar-refractivity contribution is -0.136. The van der Waals surface area contributed by atoms with E-state index >= 15 is 0 Å². The normalized spacial score (nSPS) is 14.7. The van der Waals surface area contributed by atoms with Gasteiger partial charge in [0.25, 0.3) is 5.91 Å². The molecular weight excluding hydrogens is 542 g/mol. The van der Waals surface area contributed by atoms with Crippen LogP contribution in [0.1, 0.15) is 33.9 Å². The zero-order chi connectivity index (χ0) is 25.4. The molecule has 1 fully saturated rings. The molecular formula is C20H15F4N7O2S3. The van der Waals surface area contributed by atoms with E-state index in [4.69, 9.17) is 0 Å².